The van der Waals surface area contributed by atoms with Gasteiger partial charge in [-0.25, -0.2) is 4.79 Å². The van der Waals surface area contributed by atoms with Crippen molar-refractivity contribution in [3.8, 4) is 17.2 Å². The van der Waals surface area contributed by atoms with Crippen LogP contribution in [0, 0.1) is 13.8 Å². The van der Waals surface area contributed by atoms with E-state index in [1.807, 2.05) is 32.0 Å². The Bertz CT molecular complexity index is 791. The molecule has 2 aromatic rings. The summed E-state index contributed by atoms with van der Waals surface area (Å²) in [5.41, 5.74) is 2.26. The molecule has 1 aliphatic rings. The second kappa shape index (κ2) is 7.25. The van der Waals surface area contributed by atoms with Crippen molar-refractivity contribution in [2.24, 2.45) is 0 Å². The number of aryl methyl sites for hydroxylation is 2. The Morgan fingerprint density at radius 1 is 1.00 bits per heavy atom. The van der Waals surface area contributed by atoms with Crippen LogP contribution in [-0.4, -0.2) is 31.8 Å². The lowest BCUT2D eigenvalue weighted by Crippen LogP contribution is -2.20. The van der Waals surface area contributed by atoms with Gasteiger partial charge in [-0.2, -0.15) is 0 Å². The monoisotopic (exact) mass is 342 g/mol. The van der Waals surface area contributed by atoms with Crippen molar-refractivity contribution in [2.75, 3.05) is 20.0 Å². The number of hydrogen-bond acceptors (Lipinski definition) is 6. The van der Waals surface area contributed by atoms with Gasteiger partial charge in [-0.15, -0.1) is 0 Å². The molecule has 0 radical (unpaired) electrons. The minimum absolute atomic E-state index is 0.137. The van der Waals surface area contributed by atoms with Gasteiger partial charge in [0.05, 0.1) is 0 Å². The number of carbonyl (C=O) groups excluding carboxylic acids is 2. The van der Waals surface area contributed by atoms with E-state index < -0.39 is 5.97 Å². The zero-order valence-corrected chi connectivity index (χ0v) is 14.0. The molecule has 0 atom stereocenters. The Morgan fingerprint density at radius 2 is 1.72 bits per heavy atom. The molecule has 6 heteroatoms. The molecule has 0 aliphatic carbocycles. The number of fused-ring (bicyclic) bond motifs is 1. The standard InChI is InChI=1S/C19H18O6/c1-12-4-3-5-13(2)19(12)23-10-18(21)22-9-15(20)14-6-7-16-17(8-14)25-11-24-16/h3-8H,9-11H2,1-2H3. The van der Waals surface area contributed by atoms with Crippen molar-refractivity contribution < 1.29 is 28.5 Å². The highest BCUT2D eigenvalue weighted by Crippen LogP contribution is 2.32. The van der Waals surface area contributed by atoms with Gasteiger partial charge in [0, 0.05) is 5.56 Å². The lowest BCUT2D eigenvalue weighted by molar-refractivity contribution is -0.144. The largest absolute Gasteiger partial charge is 0.481 e. The molecule has 1 heterocycles. The number of Topliss-reactive ketones (excluding diaryl/α,β-unsaturated/α-hetero) is 1. The number of carbonyl (C=O) groups is 2. The molecule has 0 aromatic heterocycles. The summed E-state index contributed by atoms with van der Waals surface area (Å²) in [4.78, 5) is 23.9. The fraction of sp³-hybridized carbons (Fsp3) is 0.263. The Balaban J connectivity index is 1.51. The summed E-state index contributed by atoms with van der Waals surface area (Å²) in [6.45, 7) is 3.33. The highest BCUT2D eigenvalue weighted by atomic mass is 16.7. The first-order valence-electron chi connectivity index (χ1n) is 7.82. The normalized spacial score (nSPS) is 11.9. The van der Waals surface area contributed by atoms with Gasteiger partial charge in [0.2, 0.25) is 6.79 Å². The highest BCUT2D eigenvalue weighted by Gasteiger charge is 2.17. The van der Waals surface area contributed by atoms with Crippen LogP contribution in [0.1, 0.15) is 21.5 Å². The van der Waals surface area contributed by atoms with Crippen molar-refractivity contribution >= 4 is 11.8 Å². The molecule has 1 aliphatic heterocycles. The van der Waals surface area contributed by atoms with E-state index in [1.54, 1.807) is 18.2 Å². The van der Waals surface area contributed by atoms with Crippen LogP contribution in [0.2, 0.25) is 0 Å². The first kappa shape index (κ1) is 16.8. The van der Waals surface area contributed by atoms with E-state index in [2.05, 4.69) is 0 Å². The molecule has 0 saturated heterocycles. The molecule has 0 bridgehead atoms. The summed E-state index contributed by atoms with van der Waals surface area (Å²) in [6.07, 6.45) is 0. The van der Waals surface area contributed by atoms with Crippen molar-refractivity contribution in [1.29, 1.82) is 0 Å². The molecule has 0 spiro atoms. The molecular weight excluding hydrogens is 324 g/mol. The van der Waals surface area contributed by atoms with Crippen LogP contribution < -0.4 is 14.2 Å². The summed E-state index contributed by atoms with van der Waals surface area (Å²) in [6, 6.07) is 10.6. The molecule has 6 nitrogen and oxygen atoms in total. The van der Waals surface area contributed by atoms with Crippen LogP contribution in [-0.2, 0) is 9.53 Å². The van der Waals surface area contributed by atoms with E-state index in [0.29, 0.717) is 22.8 Å². The quantitative estimate of drug-likeness (QED) is 0.594. The fourth-order valence-corrected chi connectivity index (χ4v) is 2.50. The topological polar surface area (TPSA) is 71.1 Å². The van der Waals surface area contributed by atoms with E-state index in [0.717, 1.165) is 11.1 Å². The van der Waals surface area contributed by atoms with Gasteiger partial charge in [-0.3, -0.25) is 4.79 Å². The first-order chi connectivity index (χ1) is 12.0. The predicted molar refractivity (Wildman–Crippen MR) is 89.3 cm³/mol. The molecule has 2 aromatic carbocycles. The third-order valence-corrected chi connectivity index (χ3v) is 3.80. The Kier molecular flexibility index (Phi) is 4.88. The molecule has 130 valence electrons. The van der Waals surface area contributed by atoms with Gasteiger partial charge in [0.25, 0.3) is 0 Å². The lowest BCUT2D eigenvalue weighted by Gasteiger charge is -2.11. The van der Waals surface area contributed by atoms with Gasteiger partial charge < -0.3 is 18.9 Å². The van der Waals surface area contributed by atoms with E-state index in [9.17, 15) is 9.59 Å². The van der Waals surface area contributed by atoms with Crippen molar-refractivity contribution in [3.63, 3.8) is 0 Å². The van der Waals surface area contributed by atoms with E-state index in [-0.39, 0.29) is 25.8 Å². The van der Waals surface area contributed by atoms with Gasteiger partial charge >= 0.3 is 5.97 Å². The smallest absolute Gasteiger partial charge is 0.344 e. The molecule has 0 fully saturated rings. The zero-order chi connectivity index (χ0) is 17.8. The third kappa shape index (κ3) is 3.91. The highest BCUT2D eigenvalue weighted by molar-refractivity contribution is 5.98. The Hall–Kier alpha value is -3.02. The molecule has 3 rings (SSSR count). The average molecular weight is 342 g/mol. The summed E-state index contributed by atoms with van der Waals surface area (Å²) < 4.78 is 20.9. The third-order valence-electron chi connectivity index (χ3n) is 3.80. The van der Waals surface area contributed by atoms with Crippen LogP contribution >= 0.6 is 0 Å². The summed E-state index contributed by atoms with van der Waals surface area (Å²) in [7, 11) is 0. The van der Waals surface area contributed by atoms with Crippen molar-refractivity contribution in [1.82, 2.24) is 0 Å². The minimum atomic E-state index is -0.600. The van der Waals surface area contributed by atoms with Crippen LogP contribution in [0.5, 0.6) is 17.2 Å². The summed E-state index contributed by atoms with van der Waals surface area (Å²) in [5, 5.41) is 0. The van der Waals surface area contributed by atoms with Gasteiger partial charge in [-0.1, -0.05) is 18.2 Å². The fourth-order valence-electron chi connectivity index (χ4n) is 2.50. The minimum Gasteiger partial charge on any atom is -0.481 e. The van der Waals surface area contributed by atoms with Crippen LogP contribution in [0.4, 0.5) is 0 Å². The molecule has 0 unspecified atom stereocenters. The number of rotatable bonds is 6. The predicted octanol–water partition coefficient (Wildman–Crippen LogP) is 2.84. The molecular formula is C19H18O6. The number of ether oxygens (including phenoxy) is 4. The maximum absolute atomic E-state index is 12.1. The number of benzene rings is 2. The van der Waals surface area contributed by atoms with Gasteiger partial charge in [0.15, 0.2) is 30.5 Å². The second-order valence-corrected chi connectivity index (χ2v) is 5.66. The molecule has 0 amide bonds. The van der Waals surface area contributed by atoms with Crippen molar-refractivity contribution in [3.05, 3.63) is 53.1 Å². The van der Waals surface area contributed by atoms with Crippen molar-refractivity contribution in [2.45, 2.75) is 13.8 Å². The van der Waals surface area contributed by atoms with Gasteiger partial charge in [0.1, 0.15) is 5.75 Å². The molecule has 0 saturated carbocycles. The first-order valence-corrected chi connectivity index (χ1v) is 7.82. The van der Waals surface area contributed by atoms with Crippen LogP contribution in [0.15, 0.2) is 36.4 Å². The number of para-hydroxylation sites is 1. The zero-order valence-electron chi connectivity index (χ0n) is 14.0. The van der Waals surface area contributed by atoms with E-state index in [4.69, 9.17) is 18.9 Å². The number of esters is 1. The maximum atomic E-state index is 12.1. The number of hydrogen-bond donors (Lipinski definition) is 0. The van der Waals surface area contributed by atoms with Crippen LogP contribution in [0.3, 0.4) is 0 Å². The second-order valence-electron chi connectivity index (χ2n) is 5.66. The van der Waals surface area contributed by atoms with E-state index >= 15 is 0 Å². The van der Waals surface area contributed by atoms with Gasteiger partial charge in [-0.05, 0) is 43.2 Å². The van der Waals surface area contributed by atoms with Crippen LogP contribution in [0.25, 0.3) is 0 Å². The summed E-state index contributed by atoms with van der Waals surface area (Å²) in [5.74, 6) is 0.836. The maximum Gasteiger partial charge on any atom is 0.344 e. The summed E-state index contributed by atoms with van der Waals surface area (Å²) >= 11 is 0. The Labute approximate surface area is 145 Å². The molecule has 25 heavy (non-hydrogen) atoms. The SMILES string of the molecule is Cc1cccc(C)c1OCC(=O)OCC(=O)c1ccc2c(c1)OCO2. The number of ketones is 1. The van der Waals surface area contributed by atoms with E-state index in [1.165, 1.54) is 0 Å². The lowest BCUT2D eigenvalue weighted by atomic mass is 10.1. The average Bonchev–Trinajstić information content (AvgIpc) is 3.07. The Morgan fingerprint density at radius 3 is 2.48 bits per heavy atom. The molecule has 0 N–H and O–H groups in total.